The Morgan fingerprint density at radius 3 is 2.45 bits per heavy atom. The van der Waals surface area contributed by atoms with Crippen molar-refractivity contribution in [1.29, 1.82) is 0 Å². The predicted octanol–water partition coefficient (Wildman–Crippen LogP) is 1.18. The van der Waals surface area contributed by atoms with Crippen LogP contribution in [0.15, 0.2) is 16.6 Å². The van der Waals surface area contributed by atoms with E-state index in [2.05, 4.69) is 4.99 Å². The van der Waals surface area contributed by atoms with E-state index in [0.717, 1.165) is 5.70 Å². The van der Waals surface area contributed by atoms with Crippen molar-refractivity contribution >= 4 is 11.7 Å². The van der Waals surface area contributed by atoms with Crippen molar-refractivity contribution < 1.29 is 19.0 Å². The average Bonchev–Trinajstić information content (AvgIpc) is 2.43. The maximum Gasteiger partial charge on any atom is 0.223 e. The molecule has 0 amide bonds. The monoisotopic (exact) mass is 282 g/mol. The molecule has 20 heavy (non-hydrogen) atoms. The van der Waals surface area contributed by atoms with E-state index in [1.54, 1.807) is 21.3 Å². The highest BCUT2D eigenvalue weighted by molar-refractivity contribution is 6.16. The second-order valence-corrected chi connectivity index (χ2v) is 5.28. The van der Waals surface area contributed by atoms with Crippen molar-refractivity contribution in [1.82, 2.24) is 4.90 Å². The Kier molecular flexibility index (Phi) is 4.04. The molecule has 2 rings (SSSR count). The van der Waals surface area contributed by atoms with Crippen LogP contribution in [0.5, 0.6) is 0 Å². The topological polar surface area (TPSA) is 60.4 Å². The highest BCUT2D eigenvalue weighted by atomic mass is 16.5. The molecule has 0 aliphatic carbocycles. The molecule has 1 atom stereocenters. The lowest BCUT2D eigenvalue weighted by Crippen LogP contribution is -2.73. The molecule has 2 aliphatic rings. The van der Waals surface area contributed by atoms with Gasteiger partial charge in [-0.25, -0.2) is 4.99 Å². The molecule has 0 spiro atoms. The molecule has 1 fully saturated rings. The van der Waals surface area contributed by atoms with Gasteiger partial charge in [0.15, 0.2) is 11.3 Å². The first-order valence-corrected chi connectivity index (χ1v) is 6.74. The maximum atomic E-state index is 12.3. The average molecular weight is 282 g/mol. The normalized spacial score (nSPS) is 25.4. The van der Waals surface area contributed by atoms with Gasteiger partial charge in [0.25, 0.3) is 0 Å². The number of hydrogen-bond donors (Lipinski definition) is 0. The molecule has 6 heteroatoms. The molecule has 1 saturated heterocycles. The lowest BCUT2D eigenvalue weighted by Gasteiger charge is -2.53. The van der Waals surface area contributed by atoms with E-state index in [1.807, 2.05) is 18.7 Å². The van der Waals surface area contributed by atoms with E-state index in [9.17, 15) is 4.79 Å². The first-order chi connectivity index (χ1) is 9.52. The SMILES string of the molecule is COCC[C@@]12C(=O)CN1C(OC)=C(C(C)C)N=C2OC. The van der Waals surface area contributed by atoms with Gasteiger partial charge in [-0.3, -0.25) is 4.79 Å². The fraction of sp³-hybridized carbons (Fsp3) is 0.714. The van der Waals surface area contributed by atoms with E-state index in [0.29, 0.717) is 31.4 Å². The molecule has 0 N–H and O–H groups in total. The number of hydrogen-bond acceptors (Lipinski definition) is 6. The van der Waals surface area contributed by atoms with Crippen LogP contribution >= 0.6 is 0 Å². The van der Waals surface area contributed by atoms with Crippen LogP contribution in [0, 0.1) is 5.92 Å². The zero-order valence-electron chi connectivity index (χ0n) is 12.7. The largest absolute Gasteiger partial charge is 0.482 e. The van der Waals surface area contributed by atoms with E-state index >= 15 is 0 Å². The summed E-state index contributed by atoms with van der Waals surface area (Å²) in [4.78, 5) is 18.7. The first-order valence-electron chi connectivity index (χ1n) is 6.74. The van der Waals surface area contributed by atoms with Crippen molar-refractivity contribution in [3.05, 3.63) is 11.6 Å². The second kappa shape index (κ2) is 5.44. The van der Waals surface area contributed by atoms with Crippen LogP contribution in [0.3, 0.4) is 0 Å². The number of rotatable bonds is 5. The minimum Gasteiger partial charge on any atom is -0.482 e. The number of carbonyl (C=O) groups excluding carboxylic acids is 1. The Labute approximate surface area is 119 Å². The number of carbonyl (C=O) groups is 1. The molecular formula is C14H22N2O4. The van der Waals surface area contributed by atoms with Crippen LogP contribution in [-0.2, 0) is 19.0 Å². The summed E-state index contributed by atoms with van der Waals surface area (Å²) in [7, 11) is 4.77. The Morgan fingerprint density at radius 1 is 1.30 bits per heavy atom. The van der Waals surface area contributed by atoms with Gasteiger partial charge in [0, 0.05) is 26.1 Å². The van der Waals surface area contributed by atoms with Crippen molar-refractivity contribution in [2.24, 2.45) is 10.9 Å². The van der Waals surface area contributed by atoms with Crippen LogP contribution in [0.4, 0.5) is 0 Å². The minimum absolute atomic E-state index is 0.0903. The molecule has 6 nitrogen and oxygen atoms in total. The van der Waals surface area contributed by atoms with Crippen LogP contribution < -0.4 is 0 Å². The predicted molar refractivity (Wildman–Crippen MR) is 74.3 cm³/mol. The molecule has 0 aromatic carbocycles. The van der Waals surface area contributed by atoms with Gasteiger partial charge in [-0.1, -0.05) is 13.8 Å². The third kappa shape index (κ3) is 1.90. The van der Waals surface area contributed by atoms with Crippen LogP contribution in [0.25, 0.3) is 0 Å². The summed E-state index contributed by atoms with van der Waals surface area (Å²) >= 11 is 0. The summed E-state index contributed by atoms with van der Waals surface area (Å²) in [6.45, 7) is 4.86. The zero-order valence-corrected chi connectivity index (χ0v) is 12.7. The number of methoxy groups -OCH3 is 3. The summed E-state index contributed by atoms with van der Waals surface area (Å²) < 4.78 is 16.0. The second-order valence-electron chi connectivity index (χ2n) is 5.28. The van der Waals surface area contributed by atoms with E-state index in [4.69, 9.17) is 14.2 Å². The van der Waals surface area contributed by atoms with Gasteiger partial charge in [-0.2, -0.15) is 0 Å². The van der Waals surface area contributed by atoms with Crippen molar-refractivity contribution in [3.63, 3.8) is 0 Å². The summed E-state index contributed by atoms with van der Waals surface area (Å²) in [5.41, 5.74) is -0.0426. The van der Waals surface area contributed by atoms with E-state index in [1.165, 1.54) is 0 Å². The molecule has 112 valence electrons. The molecule has 2 aliphatic heterocycles. The quantitative estimate of drug-likeness (QED) is 0.757. The Balaban J connectivity index is 2.47. The van der Waals surface area contributed by atoms with Gasteiger partial charge in [0.05, 0.1) is 20.8 Å². The standard InChI is InChI=1S/C14H22N2O4/c1-9(2)11-12(19-4)16-8-10(17)14(16,6-7-18-3)13(15-11)20-5/h9H,6-8H2,1-5H3/t14-/m0/s1. The Hall–Kier alpha value is -1.56. The number of ether oxygens (including phenoxy) is 3. The van der Waals surface area contributed by atoms with Crippen molar-refractivity contribution in [3.8, 4) is 0 Å². The minimum atomic E-state index is -0.853. The third-order valence-corrected chi connectivity index (χ3v) is 3.87. The highest BCUT2D eigenvalue weighted by Crippen LogP contribution is 2.42. The van der Waals surface area contributed by atoms with Crippen LogP contribution in [-0.4, -0.2) is 56.6 Å². The molecule has 0 unspecified atom stereocenters. The van der Waals surface area contributed by atoms with Gasteiger partial charge < -0.3 is 19.1 Å². The maximum absolute atomic E-state index is 12.3. The lowest BCUT2D eigenvalue weighted by molar-refractivity contribution is -0.145. The molecule has 0 radical (unpaired) electrons. The number of fused-ring (bicyclic) bond motifs is 1. The van der Waals surface area contributed by atoms with Gasteiger partial charge in [-0.15, -0.1) is 0 Å². The van der Waals surface area contributed by atoms with Gasteiger partial charge >= 0.3 is 0 Å². The number of allylic oxidation sites excluding steroid dienone is 1. The zero-order chi connectivity index (χ0) is 14.9. The van der Waals surface area contributed by atoms with Crippen LogP contribution in [0.1, 0.15) is 20.3 Å². The molecule has 0 saturated carbocycles. The number of aliphatic imine (C=N–C) groups is 1. The summed E-state index contributed by atoms with van der Waals surface area (Å²) in [5, 5.41) is 0. The molecule has 2 heterocycles. The van der Waals surface area contributed by atoms with Gasteiger partial charge in [0.2, 0.25) is 11.8 Å². The van der Waals surface area contributed by atoms with Crippen molar-refractivity contribution in [2.45, 2.75) is 25.8 Å². The van der Waals surface area contributed by atoms with Gasteiger partial charge in [0.1, 0.15) is 5.70 Å². The molecule has 0 aromatic heterocycles. The fourth-order valence-electron chi connectivity index (χ4n) is 2.77. The Morgan fingerprint density at radius 2 is 2.00 bits per heavy atom. The highest BCUT2D eigenvalue weighted by Gasteiger charge is 2.61. The summed E-state index contributed by atoms with van der Waals surface area (Å²) in [5.74, 6) is 1.38. The van der Waals surface area contributed by atoms with Crippen LogP contribution in [0.2, 0.25) is 0 Å². The molecule has 0 aromatic rings. The third-order valence-electron chi connectivity index (χ3n) is 3.87. The number of Topliss-reactive ketones (excluding diaryl/α,β-unsaturated/α-hetero) is 1. The number of nitrogens with zero attached hydrogens (tertiary/aromatic N) is 2. The summed E-state index contributed by atoms with van der Waals surface area (Å²) in [6.07, 6.45) is 0.507. The van der Waals surface area contributed by atoms with Crippen molar-refractivity contribution in [2.75, 3.05) is 34.5 Å². The molecular weight excluding hydrogens is 260 g/mol. The lowest BCUT2D eigenvalue weighted by atomic mass is 9.78. The fourth-order valence-corrected chi connectivity index (χ4v) is 2.77. The Bertz CT molecular complexity index is 470. The first kappa shape index (κ1) is 14.8. The number of ketones is 1. The van der Waals surface area contributed by atoms with E-state index < -0.39 is 5.54 Å². The summed E-state index contributed by atoms with van der Waals surface area (Å²) in [6, 6.07) is 0. The van der Waals surface area contributed by atoms with E-state index in [-0.39, 0.29) is 11.7 Å². The molecule has 0 bridgehead atoms. The smallest absolute Gasteiger partial charge is 0.223 e. The van der Waals surface area contributed by atoms with Gasteiger partial charge in [-0.05, 0) is 0 Å².